The Balaban J connectivity index is 1.59. The van der Waals surface area contributed by atoms with Crippen molar-refractivity contribution in [2.24, 2.45) is 5.10 Å². The van der Waals surface area contributed by atoms with E-state index in [4.69, 9.17) is 10.6 Å². The predicted octanol–water partition coefficient (Wildman–Crippen LogP) is 3.18. The molecule has 10 heteroatoms. The lowest BCUT2D eigenvalue weighted by Crippen LogP contribution is -2.14. The first kappa shape index (κ1) is 19.9. The molecule has 1 heterocycles. The van der Waals surface area contributed by atoms with Gasteiger partial charge in [0.1, 0.15) is 5.75 Å². The van der Waals surface area contributed by atoms with E-state index in [0.29, 0.717) is 16.5 Å². The Morgan fingerprint density at radius 3 is 2.93 bits per heavy atom. The first-order valence-corrected chi connectivity index (χ1v) is 9.90. The molecule has 0 atom stereocenters. The molecule has 2 aromatic carbocycles. The number of carbonyl (C=O) groups is 1. The molecule has 0 aliphatic rings. The van der Waals surface area contributed by atoms with Gasteiger partial charge in [-0.15, -0.1) is 10.2 Å². The number of nitrogen functional groups attached to an aromatic ring is 1. The van der Waals surface area contributed by atoms with Crippen molar-refractivity contribution in [3.05, 3.63) is 64.1 Å². The Morgan fingerprint density at radius 2 is 2.14 bits per heavy atom. The second kappa shape index (κ2) is 9.38. The number of nitrogens with one attached hydrogen (secondary N) is 1. The number of hydrazone groups is 1. The fourth-order valence-corrected chi connectivity index (χ4v) is 3.38. The highest BCUT2D eigenvalue weighted by atomic mass is 79.9. The maximum Gasteiger partial charge on any atom is 0.264 e. The standard InChI is InChI=1S/C18H17BrN6O2S/c1-27-15-7-3-5-13(9-15)16(26)11-28-18-24-23-17(25(18)20)22-21-10-12-4-2-6-14(19)8-12/h2-10H,11,20H2,1H3,(H,22,23)/b21-10+. The Hall–Kier alpha value is -2.85. The molecule has 3 rings (SSSR count). The summed E-state index contributed by atoms with van der Waals surface area (Å²) in [6, 6.07) is 14.7. The van der Waals surface area contributed by atoms with Crippen LogP contribution in [-0.4, -0.2) is 39.7 Å². The molecule has 1 aromatic heterocycles. The topological polar surface area (TPSA) is 107 Å². The quantitative estimate of drug-likeness (QED) is 0.174. The molecule has 0 saturated carbocycles. The van der Waals surface area contributed by atoms with Crippen LogP contribution >= 0.6 is 27.7 Å². The molecule has 0 radical (unpaired) electrons. The molecule has 3 N–H and O–H groups in total. The number of carbonyl (C=O) groups excluding carboxylic acids is 1. The second-order valence-electron chi connectivity index (χ2n) is 5.54. The zero-order valence-electron chi connectivity index (χ0n) is 14.9. The van der Waals surface area contributed by atoms with Gasteiger partial charge in [-0.25, -0.2) is 10.1 Å². The van der Waals surface area contributed by atoms with Crippen molar-refractivity contribution >= 4 is 45.6 Å². The number of rotatable bonds is 8. The molecule has 3 aromatic rings. The van der Waals surface area contributed by atoms with Crippen LogP contribution in [0.3, 0.4) is 0 Å². The number of aromatic nitrogens is 3. The van der Waals surface area contributed by atoms with Crippen molar-refractivity contribution in [3.63, 3.8) is 0 Å². The summed E-state index contributed by atoms with van der Waals surface area (Å²) in [7, 11) is 1.56. The molecular formula is C18H17BrN6O2S. The van der Waals surface area contributed by atoms with Gasteiger partial charge in [-0.1, -0.05) is 52.0 Å². The summed E-state index contributed by atoms with van der Waals surface area (Å²) in [5.74, 6) is 6.98. The average molecular weight is 461 g/mol. The minimum absolute atomic E-state index is 0.0610. The van der Waals surface area contributed by atoms with Crippen molar-refractivity contribution in [1.82, 2.24) is 14.9 Å². The third kappa shape index (κ3) is 5.11. The maximum atomic E-state index is 12.3. The minimum Gasteiger partial charge on any atom is -0.497 e. The van der Waals surface area contributed by atoms with E-state index in [1.54, 1.807) is 37.6 Å². The summed E-state index contributed by atoms with van der Waals surface area (Å²) >= 11 is 4.59. The lowest BCUT2D eigenvalue weighted by Gasteiger charge is -2.04. The number of ether oxygens (including phenoxy) is 1. The molecule has 0 spiro atoms. The van der Waals surface area contributed by atoms with Gasteiger partial charge in [-0.05, 0) is 29.8 Å². The van der Waals surface area contributed by atoms with E-state index in [1.807, 2.05) is 24.3 Å². The molecule has 0 aliphatic carbocycles. The number of thioether (sulfide) groups is 1. The smallest absolute Gasteiger partial charge is 0.264 e. The summed E-state index contributed by atoms with van der Waals surface area (Å²) < 4.78 is 7.34. The van der Waals surface area contributed by atoms with Crippen molar-refractivity contribution in [3.8, 4) is 5.75 Å². The predicted molar refractivity (Wildman–Crippen MR) is 114 cm³/mol. The molecule has 0 saturated heterocycles. The molecular weight excluding hydrogens is 444 g/mol. The van der Waals surface area contributed by atoms with E-state index in [2.05, 4.69) is 36.7 Å². The molecule has 0 amide bonds. The monoisotopic (exact) mass is 460 g/mol. The fraction of sp³-hybridized carbons (Fsp3) is 0.111. The van der Waals surface area contributed by atoms with Gasteiger partial charge < -0.3 is 10.6 Å². The van der Waals surface area contributed by atoms with Crippen LogP contribution in [0.2, 0.25) is 0 Å². The third-order valence-corrected chi connectivity index (χ3v) is 5.05. The van der Waals surface area contributed by atoms with Crippen LogP contribution in [0.5, 0.6) is 5.75 Å². The lowest BCUT2D eigenvalue weighted by atomic mass is 10.1. The highest BCUT2D eigenvalue weighted by Crippen LogP contribution is 2.20. The average Bonchev–Trinajstić information content (AvgIpc) is 3.06. The van der Waals surface area contributed by atoms with Gasteiger partial charge in [-0.2, -0.15) is 5.10 Å². The summed E-state index contributed by atoms with van der Waals surface area (Å²) in [6.45, 7) is 0. The summed E-state index contributed by atoms with van der Waals surface area (Å²) in [4.78, 5) is 12.3. The van der Waals surface area contributed by atoms with Crippen LogP contribution in [0.15, 0.2) is 63.3 Å². The van der Waals surface area contributed by atoms with Gasteiger partial charge in [-0.3, -0.25) is 4.79 Å². The van der Waals surface area contributed by atoms with Crippen LogP contribution in [0.1, 0.15) is 15.9 Å². The second-order valence-corrected chi connectivity index (χ2v) is 7.40. The van der Waals surface area contributed by atoms with E-state index in [0.717, 1.165) is 10.0 Å². The third-order valence-electron chi connectivity index (χ3n) is 3.62. The highest BCUT2D eigenvalue weighted by molar-refractivity contribution is 9.10. The number of methoxy groups -OCH3 is 1. The van der Waals surface area contributed by atoms with Gasteiger partial charge in [0.2, 0.25) is 5.16 Å². The lowest BCUT2D eigenvalue weighted by molar-refractivity contribution is 0.102. The minimum atomic E-state index is -0.0610. The normalized spacial score (nSPS) is 10.9. The van der Waals surface area contributed by atoms with Crippen molar-refractivity contribution < 1.29 is 9.53 Å². The molecule has 8 nitrogen and oxygen atoms in total. The number of hydrogen-bond acceptors (Lipinski definition) is 8. The summed E-state index contributed by atoms with van der Waals surface area (Å²) in [5.41, 5.74) is 4.21. The Morgan fingerprint density at radius 1 is 1.32 bits per heavy atom. The van der Waals surface area contributed by atoms with E-state index < -0.39 is 0 Å². The number of halogens is 1. The van der Waals surface area contributed by atoms with Gasteiger partial charge in [0.05, 0.1) is 19.1 Å². The first-order chi connectivity index (χ1) is 13.6. The van der Waals surface area contributed by atoms with Crippen LogP contribution in [0.25, 0.3) is 0 Å². The molecule has 0 fully saturated rings. The van der Waals surface area contributed by atoms with Crippen LogP contribution in [0, 0.1) is 0 Å². The number of hydrogen-bond donors (Lipinski definition) is 2. The number of ketones is 1. The van der Waals surface area contributed by atoms with E-state index in [1.165, 1.54) is 16.4 Å². The van der Waals surface area contributed by atoms with Gasteiger partial charge in [0.25, 0.3) is 5.95 Å². The van der Waals surface area contributed by atoms with Crippen LogP contribution < -0.4 is 16.0 Å². The molecule has 0 unspecified atom stereocenters. The molecule has 0 aliphatic heterocycles. The number of nitrogens with zero attached hydrogens (tertiary/aromatic N) is 4. The number of nitrogens with two attached hydrogens (primary N) is 1. The van der Waals surface area contributed by atoms with E-state index in [9.17, 15) is 4.79 Å². The summed E-state index contributed by atoms with van der Waals surface area (Å²) in [5, 5.41) is 12.4. The SMILES string of the molecule is COc1cccc(C(=O)CSc2nnc(N/N=C/c3cccc(Br)c3)n2N)c1. The fourth-order valence-electron chi connectivity index (χ4n) is 2.21. The van der Waals surface area contributed by atoms with Gasteiger partial charge in [0.15, 0.2) is 5.78 Å². The Labute approximate surface area is 174 Å². The maximum absolute atomic E-state index is 12.3. The van der Waals surface area contributed by atoms with Crippen molar-refractivity contribution in [2.45, 2.75) is 5.16 Å². The van der Waals surface area contributed by atoms with E-state index in [-0.39, 0.29) is 17.5 Å². The molecule has 144 valence electrons. The highest BCUT2D eigenvalue weighted by Gasteiger charge is 2.13. The number of benzene rings is 2. The Kier molecular flexibility index (Phi) is 6.66. The number of anilines is 1. The van der Waals surface area contributed by atoms with Crippen LogP contribution in [0.4, 0.5) is 5.95 Å². The van der Waals surface area contributed by atoms with E-state index >= 15 is 0 Å². The molecule has 28 heavy (non-hydrogen) atoms. The summed E-state index contributed by atoms with van der Waals surface area (Å²) in [6.07, 6.45) is 1.64. The molecule has 0 bridgehead atoms. The largest absolute Gasteiger partial charge is 0.497 e. The van der Waals surface area contributed by atoms with Gasteiger partial charge >= 0.3 is 0 Å². The Bertz CT molecular complexity index is 1010. The zero-order chi connectivity index (χ0) is 19.9. The van der Waals surface area contributed by atoms with Crippen LogP contribution in [-0.2, 0) is 0 Å². The van der Waals surface area contributed by atoms with Crippen molar-refractivity contribution in [1.29, 1.82) is 0 Å². The zero-order valence-corrected chi connectivity index (χ0v) is 17.3. The number of Topliss-reactive ketones (excluding diaryl/α,β-unsaturated/α-hetero) is 1. The van der Waals surface area contributed by atoms with Crippen molar-refractivity contribution in [2.75, 3.05) is 24.1 Å². The first-order valence-electron chi connectivity index (χ1n) is 8.12. The van der Waals surface area contributed by atoms with Gasteiger partial charge in [0, 0.05) is 10.0 Å².